The molecule has 3 atom stereocenters. The summed E-state index contributed by atoms with van der Waals surface area (Å²) in [6.45, 7) is 1.66. The number of aromatic carboxylic acids is 1. The zero-order chi connectivity index (χ0) is 32.8. The van der Waals surface area contributed by atoms with Crippen LogP contribution < -0.4 is 26.1 Å². The summed E-state index contributed by atoms with van der Waals surface area (Å²) in [7, 11) is 0. The van der Waals surface area contributed by atoms with Crippen LogP contribution in [0.25, 0.3) is 0 Å². The summed E-state index contributed by atoms with van der Waals surface area (Å²) < 4.78 is 5.09. The molecule has 1 aliphatic rings. The second-order valence-corrected chi connectivity index (χ2v) is 10.7. The predicted octanol–water partition coefficient (Wildman–Crippen LogP) is 1.97. The normalized spacial score (nSPS) is 15.0. The third kappa shape index (κ3) is 11.3. The first-order chi connectivity index (χ1) is 21.6. The number of hydrogen-bond donors (Lipinski definition) is 6. The van der Waals surface area contributed by atoms with E-state index < -0.39 is 54.4 Å². The molecule has 14 nitrogen and oxygen atoms in total. The van der Waals surface area contributed by atoms with Gasteiger partial charge in [0.2, 0.25) is 17.7 Å². The summed E-state index contributed by atoms with van der Waals surface area (Å²) >= 11 is 5.11. The quantitative estimate of drug-likeness (QED) is 0.103. The minimum atomic E-state index is -1.36. The van der Waals surface area contributed by atoms with Gasteiger partial charge in [0.1, 0.15) is 34.4 Å². The highest BCUT2D eigenvalue weighted by molar-refractivity contribution is 7.80. The predicted molar refractivity (Wildman–Crippen MR) is 166 cm³/mol. The van der Waals surface area contributed by atoms with Crippen LogP contribution in [0.5, 0.6) is 5.75 Å². The van der Waals surface area contributed by atoms with Gasteiger partial charge in [-0.15, -0.1) is 0 Å². The summed E-state index contributed by atoms with van der Waals surface area (Å²) in [6, 6.07) is 10.2. The van der Waals surface area contributed by atoms with Gasteiger partial charge in [0.25, 0.3) is 0 Å². The molecule has 45 heavy (non-hydrogen) atoms. The molecule has 1 aliphatic heterocycles. The zero-order valence-electron chi connectivity index (χ0n) is 24.7. The van der Waals surface area contributed by atoms with Crippen LogP contribution >= 0.6 is 12.2 Å². The van der Waals surface area contributed by atoms with Crippen LogP contribution in [0.3, 0.4) is 0 Å². The first kappa shape index (κ1) is 34.6. The molecular weight excluding hydrogens is 604 g/mol. The Hall–Kier alpha value is -4.92. The van der Waals surface area contributed by atoms with Gasteiger partial charge in [-0.25, -0.2) is 9.59 Å². The molecule has 0 aromatic heterocycles. The molecule has 0 saturated carbocycles. The molecule has 2 aromatic rings. The van der Waals surface area contributed by atoms with Crippen molar-refractivity contribution in [3.8, 4) is 5.75 Å². The van der Waals surface area contributed by atoms with Crippen LogP contribution in [0.4, 0.5) is 0 Å². The van der Waals surface area contributed by atoms with Crippen molar-refractivity contribution < 1.29 is 38.9 Å². The molecule has 0 spiro atoms. The molecule has 15 heteroatoms. The molecule has 0 saturated heterocycles. The number of carbonyl (C=O) groups is 5. The van der Waals surface area contributed by atoms with Crippen LogP contribution in [0.1, 0.15) is 54.1 Å². The monoisotopic (exact) mass is 640 g/mol. The fourth-order valence-corrected chi connectivity index (χ4v) is 4.63. The largest absolute Gasteiger partial charge is 0.481 e. The Morgan fingerprint density at radius 3 is 2.31 bits per heavy atom. The number of nitrogens with zero attached hydrogens (tertiary/aromatic N) is 2. The fraction of sp³-hybridized carbons (Fsp3) is 0.400. The molecule has 2 aromatic carbocycles. The first-order valence-electron chi connectivity index (χ1n) is 14.4. The number of rotatable bonds is 18. The van der Waals surface area contributed by atoms with Crippen LogP contribution in [0.2, 0.25) is 0 Å². The molecule has 240 valence electrons. The van der Waals surface area contributed by atoms with E-state index >= 15 is 0 Å². The maximum atomic E-state index is 13.7. The van der Waals surface area contributed by atoms with Crippen molar-refractivity contribution in [2.24, 2.45) is 10.3 Å². The van der Waals surface area contributed by atoms with Gasteiger partial charge in [-0.3, -0.25) is 19.8 Å². The van der Waals surface area contributed by atoms with Gasteiger partial charge in [-0.05, 0) is 29.7 Å². The van der Waals surface area contributed by atoms with Crippen LogP contribution in [-0.2, 0) is 32.0 Å². The minimum absolute atomic E-state index is 0.0980. The molecule has 0 aliphatic carbocycles. The van der Waals surface area contributed by atoms with Crippen molar-refractivity contribution in [2.45, 2.75) is 63.6 Å². The number of carboxylic acid groups (broad SMARTS) is 2. The molecule has 6 N–H and O–H groups in total. The van der Waals surface area contributed by atoms with Crippen molar-refractivity contribution in [3.63, 3.8) is 0 Å². The van der Waals surface area contributed by atoms with Crippen molar-refractivity contribution in [1.29, 1.82) is 0 Å². The average Bonchev–Trinajstić information content (AvgIpc) is 3.41. The first-order valence-corrected chi connectivity index (χ1v) is 14.8. The van der Waals surface area contributed by atoms with Gasteiger partial charge in [-0.1, -0.05) is 73.6 Å². The Labute approximate surface area is 265 Å². The molecular formula is C30H36N6O8S. The Morgan fingerprint density at radius 1 is 0.956 bits per heavy atom. The van der Waals surface area contributed by atoms with Crippen LogP contribution in [-0.4, -0.2) is 76.1 Å². The lowest BCUT2D eigenvalue weighted by atomic mass is 10.0. The van der Waals surface area contributed by atoms with E-state index in [1.165, 1.54) is 18.2 Å². The number of thiocarbonyl (C=S) groups is 1. The highest BCUT2D eigenvalue weighted by Gasteiger charge is 2.30. The second kappa shape index (κ2) is 17.4. The number of unbranched alkanes of at least 4 members (excludes halogenated alkanes) is 2. The molecule has 0 bridgehead atoms. The van der Waals surface area contributed by atoms with E-state index in [0.29, 0.717) is 12.1 Å². The number of carboxylic acids is 2. The molecule has 0 fully saturated rings. The lowest BCUT2D eigenvalue weighted by molar-refractivity contribution is -0.139. The second-order valence-electron chi connectivity index (χ2n) is 10.3. The number of aliphatic carboxylic acids is 1. The van der Waals surface area contributed by atoms with Gasteiger partial charge in [0.05, 0.1) is 6.42 Å². The maximum absolute atomic E-state index is 13.7. The lowest BCUT2D eigenvalue weighted by Gasteiger charge is -2.24. The van der Waals surface area contributed by atoms with E-state index in [4.69, 9.17) is 22.1 Å². The maximum Gasteiger partial charge on any atom is 0.341 e. The van der Waals surface area contributed by atoms with Crippen molar-refractivity contribution in [3.05, 3.63) is 65.2 Å². The highest BCUT2D eigenvalue weighted by atomic mass is 32.1. The third-order valence-electron chi connectivity index (χ3n) is 6.75. The number of hydrogen-bond acceptors (Lipinski definition) is 9. The van der Waals surface area contributed by atoms with Gasteiger partial charge in [-0.2, -0.15) is 5.11 Å². The standard InChI is InChI=1S/C30H36N6O8S/c1-2-3-7-12-31-27(40)21(15-19-10-11-24(44-17-26(38)39)20(13-19)30(42)43)33-28(41)22(14-18-8-5-4-6-9-18)32-25(37)16-23-29(45)35-36-34-23/h4-6,8-11,13,21-23H,2-3,7,12,14-17H2,1H3,(H,31,40)(H,32,37)(H,33,41)(H,38,39)(H,42,43)(H,34,35,45). The molecule has 1 heterocycles. The molecule has 3 amide bonds. The van der Waals surface area contributed by atoms with Crippen molar-refractivity contribution >= 4 is 46.9 Å². The van der Waals surface area contributed by atoms with Gasteiger partial charge < -0.3 is 30.9 Å². The molecule has 3 unspecified atom stereocenters. The van der Waals surface area contributed by atoms with Gasteiger partial charge in [0, 0.05) is 19.4 Å². The van der Waals surface area contributed by atoms with E-state index in [9.17, 15) is 29.1 Å². The van der Waals surface area contributed by atoms with E-state index in [0.717, 1.165) is 24.8 Å². The van der Waals surface area contributed by atoms with Gasteiger partial charge >= 0.3 is 11.9 Å². The average molecular weight is 641 g/mol. The Morgan fingerprint density at radius 2 is 1.67 bits per heavy atom. The Kier molecular flexibility index (Phi) is 13.4. The number of ether oxygens (including phenoxy) is 1. The number of nitrogens with one attached hydrogen (secondary N) is 4. The topological polar surface area (TPSA) is 208 Å². The Bertz CT molecular complexity index is 1420. The SMILES string of the molecule is CCCCCNC(=O)C(Cc1ccc(OCC(=O)O)c(C(=O)O)c1)NC(=O)C(Cc1ccccc1)NC(=O)CC1N=NNC1=S. The summed E-state index contributed by atoms with van der Waals surface area (Å²) in [5.41, 5.74) is 3.36. The molecule has 0 radical (unpaired) electrons. The summed E-state index contributed by atoms with van der Waals surface area (Å²) in [5, 5.41) is 34.4. The van der Waals surface area contributed by atoms with Crippen molar-refractivity contribution in [1.82, 2.24) is 21.4 Å². The van der Waals surface area contributed by atoms with E-state index in [1.807, 2.05) is 13.0 Å². The number of amides is 3. The number of carbonyl (C=O) groups excluding carboxylic acids is 3. The van der Waals surface area contributed by atoms with E-state index in [-0.39, 0.29) is 35.6 Å². The van der Waals surface area contributed by atoms with Crippen LogP contribution in [0, 0.1) is 0 Å². The number of benzene rings is 2. The summed E-state index contributed by atoms with van der Waals surface area (Å²) in [5.74, 6) is -4.40. The Balaban J connectivity index is 1.83. The zero-order valence-corrected chi connectivity index (χ0v) is 25.5. The summed E-state index contributed by atoms with van der Waals surface area (Å²) in [4.78, 5) is 63.0. The van der Waals surface area contributed by atoms with Crippen molar-refractivity contribution in [2.75, 3.05) is 13.2 Å². The summed E-state index contributed by atoms with van der Waals surface area (Å²) in [6.07, 6.45) is 2.44. The third-order valence-corrected chi connectivity index (χ3v) is 7.11. The smallest absolute Gasteiger partial charge is 0.341 e. The molecule has 3 rings (SSSR count). The highest BCUT2D eigenvalue weighted by Crippen LogP contribution is 2.21. The van der Waals surface area contributed by atoms with Crippen LogP contribution in [0.15, 0.2) is 58.9 Å². The minimum Gasteiger partial charge on any atom is -0.481 e. The fourth-order valence-electron chi connectivity index (χ4n) is 4.46. The van der Waals surface area contributed by atoms with Gasteiger partial charge in [0.15, 0.2) is 6.61 Å². The van der Waals surface area contributed by atoms with E-state index in [2.05, 4.69) is 31.7 Å². The lowest BCUT2D eigenvalue weighted by Crippen LogP contribution is -2.55. The van der Waals surface area contributed by atoms with E-state index in [1.54, 1.807) is 24.3 Å².